The van der Waals surface area contributed by atoms with Gasteiger partial charge < -0.3 is 10.6 Å². The summed E-state index contributed by atoms with van der Waals surface area (Å²) < 4.78 is 0. The predicted molar refractivity (Wildman–Crippen MR) is 85.9 cm³/mol. The third-order valence-corrected chi connectivity index (χ3v) is 3.35. The maximum Gasteiger partial charge on any atom is 0.224 e. The average Bonchev–Trinajstić information content (AvgIpc) is 2.43. The second-order valence-corrected chi connectivity index (χ2v) is 5.74. The van der Waals surface area contributed by atoms with Crippen molar-refractivity contribution < 1.29 is 4.79 Å². The topological polar surface area (TPSA) is 41.1 Å². The molecule has 20 heavy (non-hydrogen) atoms. The Morgan fingerprint density at radius 2 is 1.90 bits per heavy atom. The van der Waals surface area contributed by atoms with Crippen molar-refractivity contribution in [2.45, 2.75) is 53.0 Å². The molecule has 1 aromatic rings. The second-order valence-electron chi connectivity index (χ2n) is 5.74. The summed E-state index contributed by atoms with van der Waals surface area (Å²) in [5, 5.41) is 6.51. The van der Waals surface area contributed by atoms with E-state index in [4.69, 9.17) is 0 Å². The molecule has 1 rings (SSSR count). The van der Waals surface area contributed by atoms with Crippen molar-refractivity contribution in [2.75, 3.05) is 11.9 Å². The fourth-order valence-electron chi connectivity index (χ4n) is 2.09. The zero-order valence-corrected chi connectivity index (χ0v) is 13.2. The van der Waals surface area contributed by atoms with Crippen LogP contribution in [0, 0.1) is 5.92 Å². The van der Waals surface area contributed by atoms with Gasteiger partial charge in [0.1, 0.15) is 0 Å². The van der Waals surface area contributed by atoms with Gasteiger partial charge in [-0.1, -0.05) is 39.0 Å². The van der Waals surface area contributed by atoms with Crippen molar-refractivity contribution >= 4 is 11.6 Å². The Morgan fingerprint density at radius 3 is 2.55 bits per heavy atom. The predicted octanol–water partition coefficient (Wildman–Crippen LogP) is 4.12. The molecule has 3 heteroatoms. The van der Waals surface area contributed by atoms with Crippen molar-refractivity contribution in [3.8, 4) is 0 Å². The van der Waals surface area contributed by atoms with Crippen LogP contribution in [0.2, 0.25) is 0 Å². The molecule has 0 bridgehead atoms. The minimum absolute atomic E-state index is 0.105. The lowest BCUT2D eigenvalue weighted by Gasteiger charge is -2.18. The minimum Gasteiger partial charge on any atom is -0.326 e. The monoisotopic (exact) mass is 276 g/mol. The molecule has 0 aliphatic carbocycles. The Bertz CT molecular complexity index is 415. The lowest BCUT2D eigenvalue weighted by molar-refractivity contribution is -0.116. The normalized spacial score (nSPS) is 12.4. The molecule has 1 amide bonds. The molecule has 0 aromatic heterocycles. The highest BCUT2D eigenvalue weighted by atomic mass is 16.1. The molecular formula is C17H28N2O. The molecule has 0 saturated heterocycles. The SMILES string of the molecule is CCCNC(C)c1ccccc1NC(=O)CCC(C)C. The molecule has 112 valence electrons. The third kappa shape index (κ3) is 5.74. The summed E-state index contributed by atoms with van der Waals surface area (Å²) >= 11 is 0. The van der Waals surface area contributed by atoms with E-state index < -0.39 is 0 Å². The van der Waals surface area contributed by atoms with Crippen molar-refractivity contribution in [2.24, 2.45) is 5.92 Å². The summed E-state index contributed by atoms with van der Waals surface area (Å²) in [7, 11) is 0. The maximum atomic E-state index is 12.0. The fourth-order valence-corrected chi connectivity index (χ4v) is 2.09. The first kappa shape index (κ1) is 16.7. The van der Waals surface area contributed by atoms with E-state index in [2.05, 4.69) is 44.4 Å². The first-order chi connectivity index (χ1) is 9.54. The number of benzene rings is 1. The van der Waals surface area contributed by atoms with Crippen molar-refractivity contribution in [3.05, 3.63) is 29.8 Å². The number of carbonyl (C=O) groups is 1. The lowest BCUT2D eigenvalue weighted by Crippen LogP contribution is -2.21. The molecule has 0 fully saturated rings. The number of hydrogen-bond donors (Lipinski definition) is 2. The fraction of sp³-hybridized carbons (Fsp3) is 0.588. The van der Waals surface area contributed by atoms with Gasteiger partial charge in [-0.25, -0.2) is 0 Å². The van der Waals surface area contributed by atoms with E-state index in [1.165, 1.54) is 0 Å². The van der Waals surface area contributed by atoms with Crippen LogP contribution in [-0.2, 0) is 4.79 Å². The van der Waals surface area contributed by atoms with Crippen LogP contribution < -0.4 is 10.6 Å². The van der Waals surface area contributed by atoms with Crippen LogP contribution in [0.3, 0.4) is 0 Å². The first-order valence-electron chi connectivity index (χ1n) is 7.66. The van der Waals surface area contributed by atoms with Gasteiger partial charge in [0, 0.05) is 18.2 Å². The van der Waals surface area contributed by atoms with Crippen LogP contribution in [0.15, 0.2) is 24.3 Å². The van der Waals surface area contributed by atoms with Gasteiger partial charge in [0.2, 0.25) is 5.91 Å². The highest BCUT2D eigenvalue weighted by molar-refractivity contribution is 5.91. The first-order valence-corrected chi connectivity index (χ1v) is 7.66. The van der Waals surface area contributed by atoms with Crippen LogP contribution in [0.5, 0.6) is 0 Å². The van der Waals surface area contributed by atoms with E-state index in [0.29, 0.717) is 12.3 Å². The summed E-state index contributed by atoms with van der Waals surface area (Å²) in [5.74, 6) is 0.662. The molecule has 0 saturated carbocycles. The van der Waals surface area contributed by atoms with Gasteiger partial charge in [-0.2, -0.15) is 0 Å². The number of anilines is 1. The van der Waals surface area contributed by atoms with E-state index in [1.54, 1.807) is 0 Å². The Hall–Kier alpha value is -1.35. The van der Waals surface area contributed by atoms with Gasteiger partial charge in [-0.05, 0) is 43.9 Å². The van der Waals surface area contributed by atoms with Crippen LogP contribution in [-0.4, -0.2) is 12.5 Å². The molecule has 0 aliphatic rings. The van der Waals surface area contributed by atoms with E-state index in [-0.39, 0.29) is 11.9 Å². The molecule has 1 atom stereocenters. The molecule has 0 spiro atoms. The molecular weight excluding hydrogens is 248 g/mol. The standard InChI is InChI=1S/C17H28N2O/c1-5-12-18-14(4)15-8-6-7-9-16(15)19-17(20)11-10-13(2)3/h6-9,13-14,18H,5,10-12H2,1-4H3,(H,19,20). The smallest absolute Gasteiger partial charge is 0.224 e. The van der Waals surface area contributed by atoms with Gasteiger partial charge in [-0.15, -0.1) is 0 Å². The Labute approximate surface area is 123 Å². The average molecular weight is 276 g/mol. The Morgan fingerprint density at radius 1 is 1.20 bits per heavy atom. The highest BCUT2D eigenvalue weighted by Crippen LogP contribution is 2.23. The molecule has 1 unspecified atom stereocenters. The molecule has 0 radical (unpaired) electrons. The number of rotatable bonds is 8. The van der Waals surface area contributed by atoms with Gasteiger partial charge in [-0.3, -0.25) is 4.79 Å². The zero-order chi connectivity index (χ0) is 15.0. The summed E-state index contributed by atoms with van der Waals surface area (Å²) in [6.07, 6.45) is 2.62. The Kier molecular flexibility index (Phi) is 7.31. The molecule has 0 heterocycles. The maximum absolute atomic E-state index is 12.0. The van der Waals surface area contributed by atoms with Crippen LogP contribution in [0.4, 0.5) is 5.69 Å². The quantitative estimate of drug-likeness (QED) is 0.750. The van der Waals surface area contributed by atoms with Crippen molar-refractivity contribution in [3.63, 3.8) is 0 Å². The number of nitrogens with one attached hydrogen (secondary N) is 2. The van der Waals surface area contributed by atoms with E-state index >= 15 is 0 Å². The van der Waals surface area contributed by atoms with Gasteiger partial charge >= 0.3 is 0 Å². The zero-order valence-electron chi connectivity index (χ0n) is 13.2. The third-order valence-electron chi connectivity index (χ3n) is 3.35. The van der Waals surface area contributed by atoms with Gasteiger partial charge in [0.05, 0.1) is 0 Å². The summed E-state index contributed by atoms with van der Waals surface area (Å²) in [6.45, 7) is 9.54. The van der Waals surface area contributed by atoms with Crippen LogP contribution in [0.1, 0.15) is 58.6 Å². The molecule has 3 nitrogen and oxygen atoms in total. The van der Waals surface area contributed by atoms with Crippen LogP contribution in [0.25, 0.3) is 0 Å². The van der Waals surface area contributed by atoms with Gasteiger partial charge in [0.25, 0.3) is 0 Å². The van der Waals surface area contributed by atoms with E-state index in [1.807, 2.05) is 18.2 Å². The second kappa shape index (κ2) is 8.75. The number of para-hydroxylation sites is 1. The minimum atomic E-state index is 0.105. The Balaban J connectivity index is 2.67. The molecule has 2 N–H and O–H groups in total. The lowest BCUT2D eigenvalue weighted by atomic mass is 10.0. The molecule has 1 aromatic carbocycles. The number of carbonyl (C=O) groups excluding carboxylic acids is 1. The van der Waals surface area contributed by atoms with Gasteiger partial charge in [0.15, 0.2) is 0 Å². The van der Waals surface area contributed by atoms with Crippen molar-refractivity contribution in [1.82, 2.24) is 5.32 Å². The summed E-state index contributed by atoms with van der Waals surface area (Å²) in [4.78, 5) is 12.0. The largest absolute Gasteiger partial charge is 0.326 e. The summed E-state index contributed by atoms with van der Waals surface area (Å²) in [6, 6.07) is 8.28. The van der Waals surface area contributed by atoms with Crippen LogP contribution >= 0.6 is 0 Å². The summed E-state index contributed by atoms with van der Waals surface area (Å²) in [5.41, 5.74) is 2.08. The highest BCUT2D eigenvalue weighted by Gasteiger charge is 2.11. The van der Waals surface area contributed by atoms with E-state index in [0.717, 1.165) is 30.6 Å². The molecule has 0 aliphatic heterocycles. The number of amides is 1. The van der Waals surface area contributed by atoms with E-state index in [9.17, 15) is 4.79 Å². The number of hydrogen-bond acceptors (Lipinski definition) is 2. The van der Waals surface area contributed by atoms with Crippen molar-refractivity contribution in [1.29, 1.82) is 0 Å².